The molecule has 2 aliphatic heterocycles. The van der Waals surface area contributed by atoms with Crippen molar-refractivity contribution in [2.45, 2.75) is 31.6 Å². The minimum atomic E-state index is 0.00193. The summed E-state index contributed by atoms with van der Waals surface area (Å²) in [5.41, 5.74) is 10.1. The maximum atomic E-state index is 10.8. The van der Waals surface area contributed by atoms with Gasteiger partial charge in [0.1, 0.15) is 11.5 Å². The lowest BCUT2D eigenvalue weighted by molar-refractivity contribution is -0.118. The van der Waals surface area contributed by atoms with Gasteiger partial charge in [-0.25, -0.2) is 0 Å². The predicted molar refractivity (Wildman–Crippen MR) is 116 cm³/mol. The summed E-state index contributed by atoms with van der Waals surface area (Å²) in [6.07, 6.45) is 1.87. The van der Waals surface area contributed by atoms with Crippen LogP contribution in [0, 0.1) is 0 Å². The zero-order chi connectivity index (χ0) is 20.8. The van der Waals surface area contributed by atoms with E-state index < -0.39 is 0 Å². The van der Waals surface area contributed by atoms with E-state index >= 15 is 0 Å². The topological polar surface area (TPSA) is 120 Å². The molecular weight excluding hydrogens is 368 g/mol. The number of anilines is 2. The van der Waals surface area contributed by atoms with E-state index in [2.05, 4.69) is 16.0 Å². The van der Waals surface area contributed by atoms with Gasteiger partial charge in [-0.15, -0.1) is 0 Å². The SMILES string of the molecule is CC(=O)NCCC1CNc2ccc(O)cc21.NCCC1CNc2ccc(O)cc21. The first-order chi connectivity index (χ1) is 14.0. The summed E-state index contributed by atoms with van der Waals surface area (Å²) in [5.74, 6) is 1.47. The Morgan fingerprint density at radius 1 is 1.00 bits per heavy atom. The van der Waals surface area contributed by atoms with Gasteiger partial charge in [0.15, 0.2) is 0 Å². The molecule has 2 aromatic carbocycles. The van der Waals surface area contributed by atoms with Crippen molar-refractivity contribution in [2.75, 3.05) is 36.8 Å². The molecule has 2 heterocycles. The first-order valence-electron chi connectivity index (χ1n) is 10.1. The molecule has 7 heteroatoms. The molecule has 0 aliphatic carbocycles. The van der Waals surface area contributed by atoms with E-state index in [-0.39, 0.29) is 5.91 Å². The van der Waals surface area contributed by atoms with Crippen LogP contribution in [0.25, 0.3) is 0 Å². The molecule has 2 unspecified atom stereocenters. The van der Waals surface area contributed by atoms with Crippen LogP contribution in [0.5, 0.6) is 11.5 Å². The van der Waals surface area contributed by atoms with Gasteiger partial charge in [0, 0.05) is 49.8 Å². The van der Waals surface area contributed by atoms with Gasteiger partial charge < -0.3 is 31.9 Å². The molecule has 7 nitrogen and oxygen atoms in total. The third-order valence-electron chi connectivity index (χ3n) is 5.41. The van der Waals surface area contributed by atoms with E-state index in [1.165, 1.54) is 12.5 Å². The number of carbonyl (C=O) groups is 1. The molecule has 0 radical (unpaired) electrons. The van der Waals surface area contributed by atoms with E-state index in [1.54, 1.807) is 18.2 Å². The summed E-state index contributed by atoms with van der Waals surface area (Å²) < 4.78 is 0. The van der Waals surface area contributed by atoms with Crippen molar-refractivity contribution < 1.29 is 15.0 Å². The number of phenols is 2. The molecule has 4 rings (SSSR count). The Kier molecular flexibility index (Phi) is 6.82. The highest BCUT2D eigenvalue weighted by Gasteiger charge is 2.22. The summed E-state index contributed by atoms with van der Waals surface area (Å²) in [6.45, 7) is 4.71. The van der Waals surface area contributed by atoms with Crippen molar-refractivity contribution in [1.82, 2.24) is 5.32 Å². The zero-order valence-corrected chi connectivity index (χ0v) is 16.7. The van der Waals surface area contributed by atoms with E-state index in [9.17, 15) is 15.0 Å². The third kappa shape index (κ3) is 5.32. The van der Waals surface area contributed by atoms with Gasteiger partial charge in [-0.05, 0) is 66.9 Å². The Bertz CT molecular complexity index is 854. The van der Waals surface area contributed by atoms with Crippen LogP contribution in [0.3, 0.4) is 0 Å². The van der Waals surface area contributed by atoms with Crippen LogP contribution in [-0.2, 0) is 4.79 Å². The Balaban J connectivity index is 0.000000169. The highest BCUT2D eigenvalue weighted by Crippen LogP contribution is 2.36. The van der Waals surface area contributed by atoms with Crippen molar-refractivity contribution in [3.8, 4) is 11.5 Å². The molecule has 0 aromatic heterocycles. The average Bonchev–Trinajstić information content (AvgIpc) is 3.26. The average molecular weight is 399 g/mol. The Morgan fingerprint density at radius 2 is 1.52 bits per heavy atom. The molecule has 29 heavy (non-hydrogen) atoms. The van der Waals surface area contributed by atoms with E-state index in [0.717, 1.165) is 42.9 Å². The maximum Gasteiger partial charge on any atom is 0.216 e. The van der Waals surface area contributed by atoms with Crippen LogP contribution in [-0.4, -0.2) is 42.3 Å². The van der Waals surface area contributed by atoms with E-state index in [1.807, 2.05) is 18.2 Å². The minimum absolute atomic E-state index is 0.00193. The van der Waals surface area contributed by atoms with Gasteiger partial charge in [-0.1, -0.05) is 0 Å². The quantitative estimate of drug-likeness (QED) is 0.431. The van der Waals surface area contributed by atoms with Crippen LogP contribution in [0.4, 0.5) is 11.4 Å². The zero-order valence-electron chi connectivity index (χ0n) is 16.7. The number of nitrogens with two attached hydrogens (primary N) is 1. The smallest absolute Gasteiger partial charge is 0.216 e. The standard InChI is InChI=1S/C12H16N2O2.C10H14N2O/c1-8(15)13-5-4-9-7-14-12-3-2-10(16)6-11(9)12;11-4-3-7-6-12-10-2-1-8(13)5-9(7)10/h2-3,6,9,14,16H,4-5,7H2,1H3,(H,13,15);1-2,5,7,12-13H,3-4,6,11H2. The fourth-order valence-electron chi connectivity index (χ4n) is 3.92. The normalized spacial score (nSPS) is 18.6. The van der Waals surface area contributed by atoms with Gasteiger partial charge in [0.05, 0.1) is 0 Å². The number of hydrogen-bond donors (Lipinski definition) is 6. The lowest BCUT2D eigenvalue weighted by Crippen LogP contribution is -2.22. The second-order valence-corrected chi connectivity index (χ2v) is 7.55. The Hall–Kier alpha value is -2.93. The first-order valence-corrected chi connectivity index (χ1v) is 10.1. The molecule has 1 amide bonds. The molecule has 0 spiro atoms. The summed E-state index contributed by atoms with van der Waals surface area (Å²) >= 11 is 0. The number of rotatable bonds is 5. The number of benzene rings is 2. The summed E-state index contributed by atoms with van der Waals surface area (Å²) in [7, 11) is 0. The summed E-state index contributed by atoms with van der Waals surface area (Å²) in [5, 5.41) is 28.1. The van der Waals surface area contributed by atoms with E-state index in [0.29, 0.717) is 36.4 Å². The molecule has 0 saturated heterocycles. The molecule has 2 atom stereocenters. The van der Waals surface area contributed by atoms with Crippen LogP contribution >= 0.6 is 0 Å². The molecular formula is C22H30N4O3. The number of amides is 1. The highest BCUT2D eigenvalue weighted by molar-refractivity contribution is 5.72. The molecule has 0 bridgehead atoms. The maximum absolute atomic E-state index is 10.8. The molecule has 0 fully saturated rings. The molecule has 156 valence electrons. The largest absolute Gasteiger partial charge is 0.508 e. The van der Waals surface area contributed by atoms with E-state index in [4.69, 9.17) is 5.73 Å². The predicted octanol–water partition coefficient (Wildman–Crippen LogP) is 2.68. The lowest BCUT2D eigenvalue weighted by Gasteiger charge is -2.10. The fraction of sp³-hybridized carbons (Fsp3) is 0.409. The third-order valence-corrected chi connectivity index (χ3v) is 5.41. The summed E-state index contributed by atoms with van der Waals surface area (Å²) in [4.78, 5) is 10.8. The second kappa shape index (κ2) is 9.52. The van der Waals surface area contributed by atoms with Gasteiger partial charge >= 0.3 is 0 Å². The first kappa shape index (κ1) is 20.8. The number of aromatic hydroxyl groups is 2. The number of hydrogen-bond acceptors (Lipinski definition) is 6. The number of fused-ring (bicyclic) bond motifs is 2. The molecule has 2 aromatic rings. The van der Waals surface area contributed by atoms with Gasteiger partial charge in [-0.2, -0.15) is 0 Å². The van der Waals surface area contributed by atoms with Gasteiger partial charge in [0.25, 0.3) is 0 Å². The van der Waals surface area contributed by atoms with Crippen molar-refractivity contribution in [1.29, 1.82) is 0 Å². The van der Waals surface area contributed by atoms with Crippen LogP contribution in [0.1, 0.15) is 42.7 Å². The molecule has 0 saturated carbocycles. The lowest BCUT2D eigenvalue weighted by atomic mass is 9.98. The number of phenolic OH excluding ortho intramolecular Hbond substituents is 2. The summed E-state index contributed by atoms with van der Waals surface area (Å²) in [6, 6.07) is 10.8. The Labute approximate surface area is 171 Å². The van der Waals surface area contributed by atoms with Gasteiger partial charge in [0.2, 0.25) is 5.91 Å². The fourth-order valence-corrected chi connectivity index (χ4v) is 3.92. The van der Waals surface area contributed by atoms with Crippen molar-refractivity contribution >= 4 is 17.3 Å². The minimum Gasteiger partial charge on any atom is -0.508 e. The van der Waals surface area contributed by atoms with Crippen molar-refractivity contribution in [2.24, 2.45) is 5.73 Å². The van der Waals surface area contributed by atoms with Crippen molar-refractivity contribution in [3.63, 3.8) is 0 Å². The van der Waals surface area contributed by atoms with Crippen molar-refractivity contribution in [3.05, 3.63) is 47.5 Å². The second-order valence-electron chi connectivity index (χ2n) is 7.55. The molecule has 7 N–H and O–H groups in total. The number of carbonyl (C=O) groups excluding carboxylic acids is 1. The van der Waals surface area contributed by atoms with Crippen LogP contribution < -0.4 is 21.7 Å². The highest BCUT2D eigenvalue weighted by atomic mass is 16.3. The number of nitrogens with one attached hydrogen (secondary N) is 3. The monoisotopic (exact) mass is 398 g/mol. The van der Waals surface area contributed by atoms with Gasteiger partial charge in [-0.3, -0.25) is 4.79 Å². The van der Waals surface area contributed by atoms with Crippen LogP contribution in [0.15, 0.2) is 36.4 Å². The molecule has 2 aliphatic rings. The van der Waals surface area contributed by atoms with Crippen LogP contribution in [0.2, 0.25) is 0 Å². The Morgan fingerprint density at radius 3 is 2.00 bits per heavy atom.